The summed E-state index contributed by atoms with van der Waals surface area (Å²) in [5.74, 6) is -0.276. The van der Waals surface area contributed by atoms with E-state index in [9.17, 15) is 14.7 Å². The van der Waals surface area contributed by atoms with Crippen molar-refractivity contribution in [3.63, 3.8) is 0 Å². The Kier molecular flexibility index (Phi) is 5.99. The number of ether oxygens (including phenoxy) is 1. The second-order valence-corrected chi connectivity index (χ2v) is 5.94. The van der Waals surface area contributed by atoms with Crippen molar-refractivity contribution in [1.29, 1.82) is 0 Å². The molecule has 120 valence electrons. The molecule has 0 spiro atoms. The number of hydrogen-bond acceptors (Lipinski definition) is 5. The van der Waals surface area contributed by atoms with Crippen molar-refractivity contribution in [1.82, 2.24) is 9.80 Å². The number of esters is 1. The number of carbonyl (C=O) groups excluding carboxylic acids is 2. The van der Waals surface area contributed by atoms with Crippen molar-refractivity contribution in [2.75, 3.05) is 39.3 Å². The molecule has 2 heterocycles. The van der Waals surface area contributed by atoms with E-state index >= 15 is 0 Å². The molecule has 0 saturated carbocycles. The lowest BCUT2D eigenvalue weighted by Crippen LogP contribution is -2.48. The summed E-state index contributed by atoms with van der Waals surface area (Å²) in [5.41, 5.74) is 0. The Labute approximate surface area is 126 Å². The zero-order valence-corrected chi connectivity index (χ0v) is 12.8. The molecule has 0 bridgehead atoms. The number of aliphatic hydroxyl groups is 1. The van der Waals surface area contributed by atoms with Gasteiger partial charge in [0.2, 0.25) is 5.91 Å². The summed E-state index contributed by atoms with van der Waals surface area (Å²) < 4.78 is 5.06. The second kappa shape index (κ2) is 7.75. The van der Waals surface area contributed by atoms with Crippen molar-refractivity contribution in [3.05, 3.63) is 0 Å². The molecule has 1 amide bonds. The van der Waals surface area contributed by atoms with Gasteiger partial charge < -0.3 is 14.7 Å². The molecule has 2 fully saturated rings. The minimum Gasteiger partial charge on any atom is -0.466 e. The van der Waals surface area contributed by atoms with Gasteiger partial charge in [-0.25, -0.2) is 0 Å². The van der Waals surface area contributed by atoms with Crippen molar-refractivity contribution < 1.29 is 19.4 Å². The number of nitrogens with zero attached hydrogens (tertiary/aromatic N) is 2. The maximum atomic E-state index is 12.3. The molecule has 6 heteroatoms. The van der Waals surface area contributed by atoms with Gasteiger partial charge in [-0.05, 0) is 32.6 Å². The predicted octanol–water partition coefficient (Wildman–Crippen LogP) is 0.245. The standard InChI is InChI=1S/C15H26N2O4/c1-2-21-15(20)12-4-3-7-17(10-12)14(19)11-16-8-5-13(18)6-9-16/h12-13,18H,2-11H2,1H3. The molecule has 21 heavy (non-hydrogen) atoms. The molecule has 2 aliphatic rings. The van der Waals surface area contributed by atoms with Crippen LogP contribution in [0.1, 0.15) is 32.6 Å². The first-order chi connectivity index (χ1) is 10.1. The third kappa shape index (κ3) is 4.68. The third-order valence-corrected chi connectivity index (χ3v) is 4.31. The molecule has 0 aliphatic carbocycles. The van der Waals surface area contributed by atoms with Gasteiger partial charge in [-0.1, -0.05) is 0 Å². The van der Waals surface area contributed by atoms with Crippen LogP contribution in [0, 0.1) is 5.92 Å². The molecule has 2 aliphatic heterocycles. The SMILES string of the molecule is CCOC(=O)C1CCCN(C(=O)CN2CCC(O)CC2)C1. The Morgan fingerprint density at radius 2 is 1.90 bits per heavy atom. The average Bonchev–Trinajstić information content (AvgIpc) is 2.50. The zero-order valence-electron chi connectivity index (χ0n) is 12.8. The lowest BCUT2D eigenvalue weighted by atomic mass is 9.98. The van der Waals surface area contributed by atoms with Gasteiger partial charge in [0.1, 0.15) is 0 Å². The summed E-state index contributed by atoms with van der Waals surface area (Å²) in [6.07, 6.45) is 2.91. The Hall–Kier alpha value is -1.14. The van der Waals surface area contributed by atoms with Gasteiger partial charge in [0, 0.05) is 26.2 Å². The van der Waals surface area contributed by atoms with Crippen molar-refractivity contribution in [3.8, 4) is 0 Å². The van der Waals surface area contributed by atoms with Crippen LogP contribution in [-0.4, -0.2) is 72.2 Å². The van der Waals surface area contributed by atoms with Crippen LogP contribution in [0.4, 0.5) is 0 Å². The monoisotopic (exact) mass is 298 g/mol. The second-order valence-electron chi connectivity index (χ2n) is 5.94. The van der Waals surface area contributed by atoms with Crippen molar-refractivity contribution >= 4 is 11.9 Å². The van der Waals surface area contributed by atoms with E-state index in [0.717, 1.165) is 45.3 Å². The quantitative estimate of drug-likeness (QED) is 0.753. The predicted molar refractivity (Wildman–Crippen MR) is 77.6 cm³/mol. The average molecular weight is 298 g/mol. The molecular weight excluding hydrogens is 272 g/mol. The summed E-state index contributed by atoms with van der Waals surface area (Å²) in [5, 5.41) is 9.48. The van der Waals surface area contributed by atoms with Crippen LogP contribution in [0.15, 0.2) is 0 Å². The van der Waals surface area contributed by atoms with Gasteiger partial charge >= 0.3 is 5.97 Å². The van der Waals surface area contributed by atoms with Crippen LogP contribution in [0.3, 0.4) is 0 Å². The molecule has 1 unspecified atom stereocenters. The first-order valence-electron chi connectivity index (χ1n) is 7.95. The van der Waals surface area contributed by atoms with E-state index < -0.39 is 0 Å². The summed E-state index contributed by atoms with van der Waals surface area (Å²) >= 11 is 0. The molecule has 1 N–H and O–H groups in total. The van der Waals surface area contributed by atoms with E-state index in [-0.39, 0.29) is 23.9 Å². The highest BCUT2D eigenvalue weighted by molar-refractivity contribution is 5.80. The molecule has 2 rings (SSSR count). The Morgan fingerprint density at radius 3 is 2.57 bits per heavy atom. The van der Waals surface area contributed by atoms with E-state index in [0.29, 0.717) is 19.7 Å². The molecule has 2 saturated heterocycles. The van der Waals surface area contributed by atoms with Gasteiger partial charge in [0.05, 0.1) is 25.2 Å². The molecule has 0 aromatic carbocycles. The molecular formula is C15H26N2O4. The topological polar surface area (TPSA) is 70.1 Å². The summed E-state index contributed by atoms with van der Waals surface area (Å²) in [4.78, 5) is 28.0. The van der Waals surface area contributed by atoms with Gasteiger partial charge in [0.15, 0.2) is 0 Å². The third-order valence-electron chi connectivity index (χ3n) is 4.31. The highest BCUT2D eigenvalue weighted by Crippen LogP contribution is 2.19. The number of piperidine rings is 2. The minimum absolute atomic E-state index is 0.0837. The van der Waals surface area contributed by atoms with Crippen molar-refractivity contribution in [2.45, 2.75) is 38.7 Å². The fourth-order valence-electron chi connectivity index (χ4n) is 3.02. The highest BCUT2D eigenvalue weighted by Gasteiger charge is 2.30. The number of carbonyl (C=O) groups is 2. The smallest absolute Gasteiger partial charge is 0.310 e. The van der Waals surface area contributed by atoms with E-state index in [2.05, 4.69) is 4.90 Å². The van der Waals surface area contributed by atoms with Crippen LogP contribution in [0.2, 0.25) is 0 Å². The first kappa shape index (κ1) is 16.2. The number of rotatable bonds is 4. The van der Waals surface area contributed by atoms with Gasteiger partial charge in [-0.2, -0.15) is 0 Å². The van der Waals surface area contributed by atoms with E-state index in [1.165, 1.54) is 0 Å². The maximum absolute atomic E-state index is 12.3. The largest absolute Gasteiger partial charge is 0.466 e. The van der Waals surface area contributed by atoms with E-state index in [1.54, 1.807) is 11.8 Å². The number of aliphatic hydroxyl groups excluding tert-OH is 1. The number of likely N-dealkylation sites (tertiary alicyclic amines) is 2. The summed E-state index contributed by atoms with van der Waals surface area (Å²) in [6, 6.07) is 0. The summed E-state index contributed by atoms with van der Waals surface area (Å²) in [7, 11) is 0. The fourth-order valence-corrected chi connectivity index (χ4v) is 3.02. The fraction of sp³-hybridized carbons (Fsp3) is 0.867. The molecule has 0 aromatic heterocycles. The van der Waals surface area contributed by atoms with Crippen molar-refractivity contribution in [2.24, 2.45) is 5.92 Å². The minimum atomic E-state index is -0.223. The van der Waals surface area contributed by atoms with E-state index in [1.807, 2.05) is 0 Å². The first-order valence-corrected chi connectivity index (χ1v) is 7.95. The lowest BCUT2D eigenvalue weighted by Gasteiger charge is -2.34. The zero-order chi connectivity index (χ0) is 15.2. The summed E-state index contributed by atoms with van der Waals surface area (Å²) in [6.45, 7) is 5.32. The molecule has 0 aromatic rings. The van der Waals surface area contributed by atoms with Gasteiger partial charge in [-0.15, -0.1) is 0 Å². The molecule has 0 radical (unpaired) electrons. The van der Waals surface area contributed by atoms with E-state index in [4.69, 9.17) is 4.74 Å². The van der Waals surface area contributed by atoms with Crippen LogP contribution in [0.25, 0.3) is 0 Å². The normalized spacial score (nSPS) is 24.9. The van der Waals surface area contributed by atoms with Gasteiger partial charge in [-0.3, -0.25) is 14.5 Å². The number of hydrogen-bond donors (Lipinski definition) is 1. The Bertz CT molecular complexity index is 367. The number of amides is 1. The van der Waals surface area contributed by atoms with Gasteiger partial charge in [0.25, 0.3) is 0 Å². The Balaban J connectivity index is 1.80. The van der Waals surface area contributed by atoms with Crippen LogP contribution < -0.4 is 0 Å². The van der Waals surface area contributed by atoms with Crippen LogP contribution >= 0.6 is 0 Å². The molecule has 6 nitrogen and oxygen atoms in total. The maximum Gasteiger partial charge on any atom is 0.310 e. The van der Waals surface area contributed by atoms with Crippen LogP contribution in [-0.2, 0) is 14.3 Å². The lowest BCUT2D eigenvalue weighted by molar-refractivity contribution is -0.151. The van der Waals surface area contributed by atoms with Crippen LogP contribution in [0.5, 0.6) is 0 Å². The highest BCUT2D eigenvalue weighted by atomic mass is 16.5. The molecule has 1 atom stereocenters. The Morgan fingerprint density at radius 1 is 1.19 bits per heavy atom.